The van der Waals surface area contributed by atoms with Gasteiger partial charge in [-0.15, -0.1) is 0 Å². The van der Waals surface area contributed by atoms with E-state index in [2.05, 4.69) is 39.9 Å². The van der Waals surface area contributed by atoms with Gasteiger partial charge in [0.1, 0.15) is 0 Å². The van der Waals surface area contributed by atoms with Gasteiger partial charge >= 0.3 is 0 Å². The number of aromatic amines is 1. The summed E-state index contributed by atoms with van der Waals surface area (Å²) in [4.78, 5) is 9.02. The highest BCUT2D eigenvalue weighted by atomic mass is 16.5. The highest BCUT2D eigenvalue weighted by molar-refractivity contribution is 5.85. The summed E-state index contributed by atoms with van der Waals surface area (Å²) in [7, 11) is 0. The van der Waals surface area contributed by atoms with Crippen molar-refractivity contribution in [1.29, 1.82) is 0 Å². The normalized spacial score (nSPS) is 29.1. The third kappa shape index (κ3) is 1.81. The van der Waals surface area contributed by atoms with Gasteiger partial charge < -0.3 is 9.72 Å². The van der Waals surface area contributed by atoms with Gasteiger partial charge in [-0.2, -0.15) is 0 Å². The van der Waals surface area contributed by atoms with Gasteiger partial charge in [0.2, 0.25) is 0 Å². The zero-order valence-corrected chi connectivity index (χ0v) is 13.1. The monoisotopic (exact) mass is 297 g/mol. The van der Waals surface area contributed by atoms with Crippen molar-refractivity contribution < 1.29 is 4.74 Å². The Bertz CT molecular complexity index is 722. The van der Waals surface area contributed by atoms with E-state index in [4.69, 9.17) is 4.74 Å². The number of hydrogen-bond donors (Lipinski definition) is 1. The Hall–Kier alpha value is -1.36. The molecule has 0 bridgehead atoms. The minimum atomic E-state index is 0.480. The van der Waals surface area contributed by atoms with Crippen LogP contribution in [0.3, 0.4) is 0 Å². The summed E-state index contributed by atoms with van der Waals surface area (Å²) in [6.07, 6.45) is 2.86. The number of benzene rings is 1. The first-order chi connectivity index (χ1) is 10.8. The zero-order valence-electron chi connectivity index (χ0n) is 13.1. The topological polar surface area (TPSA) is 31.5 Å². The van der Waals surface area contributed by atoms with E-state index >= 15 is 0 Å². The van der Waals surface area contributed by atoms with Gasteiger partial charge in [0.25, 0.3) is 0 Å². The van der Waals surface area contributed by atoms with Crippen molar-refractivity contribution in [2.45, 2.75) is 32.0 Å². The highest BCUT2D eigenvalue weighted by Crippen LogP contribution is 2.40. The number of rotatable bonds is 0. The second kappa shape index (κ2) is 4.82. The van der Waals surface area contributed by atoms with Crippen molar-refractivity contribution in [2.75, 3.05) is 32.8 Å². The van der Waals surface area contributed by atoms with Gasteiger partial charge in [0, 0.05) is 36.2 Å². The van der Waals surface area contributed by atoms with Crippen LogP contribution in [-0.4, -0.2) is 53.8 Å². The lowest BCUT2D eigenvalue weighted by molar-refractivity contribution is -0.120. The van der Waals surface area contributed by atoms with E-state index in [0.717, 1.165) is 32.7 Å². The summed E-state index contributed by atoms with van der Waals surface area (Å²) in [5, 5.41) is 1.44. The van der Waals surface area contributed by atoms with Crippen molar-refractivity contribution in [2.24, 2.45) is 0 Å². The van der Waals surface area contributed by atoms with Crippen molar-refractivity contribution in [3.63, 3.8) is 0 Å². The lowest BCUT2D eigenvalue weighted by atomic mass is 9.92. The molecule has 4 heteroatoms. The quantitative estimate of drug-likeness (QED) is 0.810. The minimum Gasteiger partial charge on any atom is -0.377 e. The lowest BCUT2D eigenvalue weighted by Crippen LogP contribution is -2.61. The first kappa shape index (κ1) is 13.1. The van der Waals surface area contributed by atoms with E-state index in [1.54, 1.807) is 5.56 Å². The number of nitrogens with zero attached hydrogens (tertiary/aromatic N) is 2. The molecule has 0 amide bonds. The van der Waals surface area contributed by atoms with Crippen LogP contribution in [0.15, 0.2) is 18.2 Å². The molecule has 3 aliphatic rings. The smallest absolute Gasteiger partial charge is 0.0870 e. The van der Waals surface area contributed by atoms with Crippen molar-refractivity contribution in [3.8, 4) is 0 Å². The number of ether oxygens (including phenoxy) is 1. The summed E-state index contributed by atoms with van der Waals surface area (Å²) in [6.45, 7) is 7.39. The van der Waals surface area contributed by atoms with Crippen LogP contribution in [0, 0.1) is 6.92 Å². The Morgan fingerprint density at radius 1 is 1.23 bits per heavy atom. The summed E-state index contributed by atoms with van der Waals surface area (Å²) in [5.74, 6) is 0. The molecule has 0 radical (unpaired) electrons. The van der Waals surface area contributed by atoms with Crippen molar-refractivity contribution >= 4 is 10.9 Å². The molecule has 0 spiro atoms. The van der Waals surface area contributed by atoms with Crippen LogP contribution < -0.4 is 0 Å². The molecule has 22 heavy (non-hydrogen) atoms. The molecular formula is C18H23N3O. The van der Waals surface area contributed by atoms with Crippen molar-refractivity contribution in [1.82, 2.24) is 14.8 Å². The Kier molecular flexibility index (Phi) is 2.87. The van der Waals surface area contributed by atoms with E-state index in [1.165, 1.54) is 35.1 Å². The predicted octanol–water partition coefficient (Wildman–Crippen LogP) is 2.44. The second-order valence-corrected chi connectivity index (χ2v) is 6.95. The molecule has 3 aliphatic heterocycles. The van der Waals surface area contributed by atoms with Gasteiger partial charge in [0.15, 0.2) is 0 Å². The first-order valence-corrected chi connectivity index (χ1v) is 8.50. The van der Waals surface area contributed by atoms with Gasteiger partial charge in [-0.25, -0.2) is 0 Å². The molecule has 0 saturated carbocycles. The number of nitrogens with one attached hydrogen (secondary N) is 1. The summed E-state index contributed by atoms with van der Waals surface area (Å²) in [5.41, 5.74) is 5.69. The maximum Gasteiger partial charge on any atom is 0.0870 e. The van der Waals surface area contributed by atoms with Gasteiger partial charge in [-0.05, 0) is 37.5 Å². The molecule has 1 aromatic heterocycles. The molecule has 1 N–H and O–H groups in total. The number of fused-ring (bicyclic) bond motifs is 7. The van der Waals surface area contributed by atoms with Crippen LogP contribution in [-0.2, 0) is 11.2 Å². The number of hydrogen-bond acceptors (Lipinski definition) is 3. The fourth-order valence-electron chi connectivity index (χ4n) is 4.65. The van der Waals surface area contributed by atoms with Crippen LogP contribution >= 0.6 is 0 Å². The van der Waals surface area contributed by atoms with Crippen molar-refractivity contribution in [3.05, 3.63) is 35.0 Å². The zero-order chi connectivity index (χ0) is 14.7. The third-order valence-electron chi connectivity index (χ3n) is 5.73. The molecule has 2 fully saturated rings. The molecule has 2 aromatic rings. The maximum absolute atomic E-state index is 5.76. The average molecular weight is 297 g/mol. The molecule has 5 rings (SSSR count). The molecule has 2 saturated heterocycles. The van der Waals surface area contributed by atoms with E-state index in [1.807, 2.05) is 0 Å². The number of morpholine rings is 1. The van der Waals surface area contributed by atoms with Crippen LogP contribution in [0.2, 0.25) is 0 Å². The Morgan fingerprint density at radius 2 is 2.18 bits per heavy atom. The largest absolute Gasteiger partial charge is 0.377 e. The Labute approximate surface area is 131 Å². The summed E-state index contributed by atoms with van der Waals surface area (Å²) >= 11 is 0. The number of aryl methyl sites for hydroxylation is 1. The number of H-pyrrole nitrogens is 1. The minimum absolute atomic E-state index is 0.480. The second-order valence-electron chi connectivity index (χ2n) is 6.95. The summed E-state index contributed by atoms with van der Waals surface area (Å²) in [6, 6.07) is 7.34. The van der Waals surface area contributed by atoms with E-state index in [0.29, 0.717) is 12.2 Å². The van der Waals surface area contributed by atoms with Crippen LogP contribution in [0.4, 0.5) is 0 Å². The molecule has 0 unspecified atom stereocenters. The van der Waals surface area contributed by atoms with Gasteiger partial charge in [0.05, 0.1) is 25.4 Å². The SMILES string of the molecule is Cc1ccc2[nH]c3c(c2c1)CCN1[C@H]3CCN2CCOC[C@@H]21. The highest BCUT2D eigenvalue weighted by Gasteiger charge is 2.41. The van der Waals surface area contributed by atoms with E-state index in [-0.39, 0.29) is 0 Å². The number of aromatic nitrogens is 1. The van der Waals surface area contributed by atoms with Gasteiger partial charge in [-0.1, -0.05) is 11.6 Å². The Balaban J connectivity index is 1.58. The molecule has 0 aliphatic carbocycles. The van der Waals surface area contributed by atoms with E-state index in [9.17, 15) is 0 Å². The molecule has 1 aromatic carbocycles. The standard InChI is InChI=1S/C18H23N3O/c1-12-2-3-15-14(10-12)13-4-7-21-16(18(13)19-15)5-6-20-8-9-22-11-17(20)21/h2-3,10,16-17,19H,4-9,11H2,1H3/t16-,17-/m0/s1. The fraction of sp³-hybridized carbons (Fsp3) is 0.556. The molecule has 116 valence electrons. The molecular weight excluding hydrogens is 274 g/mol. The summed E-state index contributed by atoms with van der Waals surface area (Å²) < 4.78 is 5.76. The lowest BCUT2D eigenvalue weighted by Gasteiger charge is -2.51. The fourth-order valence-corrected chi connectivity index (χ4v) is 4.65. The molecule has 4 nitrogen and oxygen atoms in total. The Morgan fingerprint density at radius 3 is 3.14 bits per heavy atom. The van der Waals surface area contributed by atoms with Crippen LogP contribution in [0.5, 0.6) is 0 Å². The van der Waals surface area contributed by atoms with E-state index < -0.39 is 0 Å². The van der Waals surface area contributed by atoms with Crippen LogP contribution in [0.1, 0.15) is 29.3 Å². The molecule has 4 heterocycles. The van der Waals surface area contributed by atoms with Crippen LogP contribution in [0.25, 0.3) is 10.9 Å². The predicted molar refractivity (Wildman–Crippen MR) is 87.0 cm³/mol. The average Bonchev–Trinajstić information content (AvgIpc) is 2.92. The first-order valence-electron chi connectivity index (χ1n) is 8.50. The third-order valence-corrected chi connectivity index (χ3v) is 5.73. The molecule has 2 atom stereocenters. The van der Waals surface area contributed by atoms with Gasteiger partial charge in [-0.3, -0.25) is 9.80 Å². The maximum atomic E-state index is 5.76.